The molecule has 1 fully saturated rings. The minimum Gasteiger partial charge on any atom is -0.348 e. The number of nitrogens with one attached hydrogen (secondary N) is 1. The Bertz CT molecular complexity index is 541. The largest absolute Gasteiger partial charge is 0.348 e. The van der Waals surface area contributed by atoms with Gasteiger partial charge >= 0.3 is 0 Å². The van der Waals surface area contributed by atoms with Gasteiger partial charge in [0.05, 0.1) is 12.6 Å². The van der Waals surface area contributed by atoms with E-state index >= 15 is 0 Å². The van der Waals surface area contributed by atoms with Gasteiger partial charge in [-0.15, -0.1) is 0 Å². The summed E-state index contributed by atoms with van der Waals surface area (Å²) in [6.45, 7) is 8.94. The maximum Gasteiger partial charge on any atom is 0.234 e. The van der Waals surface area contributed by atoms with Gasteiger partial charge in [-0.2, -0.15) is 0 Å². The summed E-state index contributed by atoms with van der Waals surface area (Å²) in [6, 6.07) is 6.20. The summed E-state index contributed by atoms with van der Waals surface area (Å²) < 4.78 is 13.0. The fraction of sp³-hybridized carbons (Fsp3) is 0.667. The molecule has 0 saturated carbocycles. The number of piperidine rings is 1. The number of likely N-dealkylation sites (tertiary alicyclic amines) is 1. The molecule has 1 aromatic rings. The SMILES string of the molecule is CCCCN(C)CC1CCN(CC(=O)NC(C)c2ccc(F)cc2)CC1. The monoisotopic (exact) mass is 363 g/mol. The van der Waals surface area contributed by atoms with Gasteiger partial charge in [-0.3, -0.25) is 9.69 Å². The lowest BCUT2D eigenvalue weighted by molar-refractivity contribution is -0.123. The van der Waals surface area contributed by atoms with Gasteiger partial charge in [-0.25, -0.2) is 4.39 Å². The fourth-order valence-electron chi connectivity index (χ4n) is 3.61. The molecule has 1 aliphatic rings. The van der Waals surface area contributed by atoms with Crippen molar-refractivity contribution in [1.82, 2.24) is 15.1 Å². The van der Waals surface area contributed by atoms with Crippen LogP contribution in [-0.4, -0.2) is 55.5 Å². The molecule has 0 aromatic heterocycles. The van der Waals surface area contributed by atoms with Crippen molar-refractivity contribution < 1.29 is 9.18 Å². The number of carbonyl (C=O) groups excluding carboxylic acids is 1. The molecule has 1 aromatic carbocycles. The second kappa shape index (κ2) is 10.6. The lowest BCUT2D eigenvalue weighted by Gasteiger charge is -2.33. The van der Waals surface area contributed by atoms with Crippen LogP contribution < -0.4 is 5.32 Å². The zero-order chi connectivity index (χ0) is 18.9. The third-order valence-corrected chi connectivity index (χ3v) is 5.29. The summed E-state index contributed by atoms with van der Waals surface area (Å²) in [7, 11) is 2.21. The quantitative estimate of drug-likeness (QED) is 0.730. The van der Waals surface area contributed by atoms with Gasteiger partial charge in [-0.1, -0.05) is 25.5 Å². The first kappa shape index (κ1) is 20.8. The highest BCUT2D eigenvalue weighted by Crippen LogP contribution is 2.18. The standard InChI is InChI=1S/C21H34FN3O/c1-4-5-12-24(3)15-18-10-13-25(14-11-18)16-21(26)23-17(2)19-6-8-20(22)9-7-19/h6-9,17-18H,4-5,10-16H2,1-3H3,(H,23,26). The molecule has 4 nitrogen and oxygen atoms in total. The van der Waals surface area contributed by atoms with E-state index in [4.69, 9.17) is 0 Å². The second-order valence-corrected chi connectivity index (χ2v) is 7.68. The first-order valence-electron chi connectivity index (χ1n) is 9.93. The van der Waals surface area contributed by atoms with E-state index in [1.165, 1.54) is 38.1 Å². The normalized spacial score (nSPS) is 17.4. The molecule has 0 radical (unpaired) electrons. The molecule has 5 heteroatoms. The molecule has 1 unspecified atom stereocenters. The zero-order valence-corrected chi connectivity index (χ0v) is 16.5. The highest BCUT2D eigenvalue weighted by molar-refractivity contribution is 5.78. The first-order chi connectivity index (χ1) is 12.5. The number of amides is 1. The number of benzene rings is 1. The average molecular weight is 364 g/mol. The van der Waals surface area contributed by atoms with Gasteiger partial charge in [0, 0.05) is 6.54 Å². The zero-order valence-electron chi connectivity index (χ0n) is 16.5. The number of rotatable bonds is 9. The Labute approximate surface area is 157 Å². The predicted molar refractivity (Wildman–Crippen MR) is 105 cm³/mol. The number of unbranched alkanes of at least 4 members (excludes halogenated alkanes) is 1. The molecule has 1 atom stereocenters. The Morgan fingerprint density at radius 1 is 1.31 bits per heavy atom. The Kier molecular flexibility index (Phi) is 8.52. The van der Waals surface area contributed by atoms with Crippen LogP contribution in [0.15, 0.2) is 24.3 Å². The third-order valence-electron chi connectivity index (χ3n) is 5.29. The van der Waals surface area contributed by atoms with Crippen molar-refractivity contribution >= 4 is 5.91 Å². The number of carbonyl (C=O) groups is 1. The number of halogens is 1. The van der Waals surface area contributed by atoms with Crippen LogP contribution in [-0.2, 0) is 4.79 Å². The van der Waals surface area contributed by atoms with Crippen LogP contribution >= 0.6 is 0 Å². The van der Waals surface area contributed by atoms with E-state index in [-0.39, 0.29) is 17.8 Å². The summed E-state index contributed by atoms with van der Waals surface area (Å²) in [5.41, 5.74) is 0.925. The van der Waals surface area contributed by atoms with Crippen LogP contribution in [0.2, 0.25) is 0 Å². The van der Waals surface area contributed by atoms with Crippen LogP contribution in [0.25, 0.3) is 0 Å². The lowest BCUT2D eigenvalue weighted by Crippen LogP contribution is -2.43. The van der Waals surface area contributed by atoms with Gasteiger partial charge in [0.15, 0.2) is 0 Å². The molecule has 1 N–H and O–H groups in total. The molecular weight excluding hydrogens is 329 g/mol. The highest BCUT2D eigenvalue weighted by atomic mass is 19.1. The maximum absolute atomic E-state index is 13.0. The summed E-state index contributed by atoms with van der Waals surface area (Å²) in [4.78, 5) is 17.0. The first-order valence-corrected chi connectivity index (χ1v) is 9.93. The van der Waals surface area contributed by atoms with Crippen molar-refractivity contribution in [3.63, 3.8) is 0 Å². The third kappa shape index (κ3) is 7.04. The Morgan fingerprint density at radius 3 is 2.58 bits per heavy atom. The Hall–Kier alpha value is -1.46. The van der Waals surface area contributed by atoms with Gasteiger partial charge in [0.2, 0.25) is 5.91 Å². The van der Waals surface area contributed by atoms with Gasteiger partial charge in [0.1, 0.15) is 5.82 Å². The summed E-state index contributed by atoms with van der Waals surface area (Å²) in [5, 5.41) is 3.02. The van der Waals surface area contributed by atoms with E-state index < -0.39 is 0 Å². The molecule has 1 saturated heterocycles. The molecule has 2 rings (SSSR count). The van der Waals surface area contributed by atoms with Crippen LogP contribution in [0, 0.1) is 11.7 Å². The molecule has 1 aliphatic heterocycles. The molecule has 0 spiro atoms. The smallest absolute Gasteiger partial charge is 0.234 e. The van der Waals surface area contributed by atoms with Gasteiger partial charge in [-0.05, 0) is 76.5 Å². The highest BCUT2D eigenvalue weighted by Gasteiger charge is 2.22. The molecular formula is C21H34FN3O. The molecule has 1 heterocycles. The van der Waals surface area contributed by atoms with E-state index in [0.717, 1.165) is 37.4 Å². The van der Waals surface area contributed by atoms with E-state index in [1.807, 2.05) is 6.92 Å². The van der Waals surface area contributed by atoms with E-state index in [2.05, 4.69) is 29.1 Å². The Morgan fingerprint density at radius 2 is 1.96 bits per heavy atom. The van der Waals surface area contributed by atoms with Crippen molar-refractivity contribution in [2.24, 2.45) is 5.92 Å². The molecule has 1 amide bonds. The molecule has 26 heavy (non-hydrogen) atoms. The molecule has 146 valence electrons. The minimum absolute atomic E-state index is 0.0420. The summed E-state index contributed by atoms with van der Waals surface area (Å²) in [6.07, 6.45) is 4.84. The van der Waals surface area contributed by atoms with Crippen molar-refractivity contribution in [2.45, 2.75) is 45.6 Å². The van der Waals surface area contributed by atoms with E-state index in [9.17, 15) is 9.18 Å². The van der Waals surface area contributed by atoms with Crippen molar-refractivity contribution in [2.75, 3.05) is 39.8 Å². The van der Waals surface area contributed by atoms with Crippen LogP contribution in [0.5, 0.6) is 0 Å². The second-order valence-electron chi connectivity index (χ2n) is 7.68. The molecule has 0 bridgehead atoms. The summed E-state index contributed by atoms with van der Waals surface area (Å²) in [5.74, 6) is 0.533. The number of nitrogens with zero attached hydrogens (tertiary/aromatic N) is 2. The maximum atomic E-state index is 13.0. The topological polar surface area (TPSA) is 35.6 Å². The number of hydrogen-bond donors (Lipinski definition) is 1. The van der Waals surface area contributed by atoms with Crippen LogP contribution in [0.3, 0.4) is 0 Å². The average Bonchev–Trinajstić information content (AvgIpc) is 2.62. The van der Waals surface area contributed by atoms with Gasteiger partial charge < -0.3 is 10.2 Å². The molecule has 0 aliphatic carbocycles. The number of hydrogen-bond acceptors (Lipinski definition) is 3. The summed E-state index contributed by atoms with van der Waals surface area (Å²) >= 11 is 0. The van der Waals surface area contributed by atoms with Crippen molar-refractivity contribution in [1.29, 1.82) is 0 Å². The van der Waals surface area contributed by atoms with Crippen LogP contribution in [0.4, 0.5) is 4.39 Å². The van der Waals surface area contributed by atoms with E-state index in [0.29, 0.717) is 6.54 Å². The van der Waals surface area contributed by atoms with E-state index in [1.54, 1.807) is 12.1 Å². The predicted octanol–water partition coefficient (Wildman–Crippen LogP) is 3.45. The fourth-order valence-corrected chi connectivity index (χ4v) is 3.61. The minimum atomic E-state index is -0.254. The van der Waals surface area contributed by atoms with Crippen LogP contribution in [0.1, 0.15) is 51.1 Å². The van der Waals surface area contributed by atoms with Crippen molar-refractivity contribution in [3.05, 3.63) is 35.6 Å². The Balaban J connectivity index is 1.68. The van der Waals surface area contributed by atoms with Crippen molar-refractivity contribution in [3.8, 4) is 0 Å². The van der Waals surface area contributed by atoms with Gasteiger partial charge in [0.25, 0.3) is 0 Å². The lowest BCUT2D eigenvalue weighted by atomic mass is 9.96.